The minimum atomic E-state index is 0.270. The smallest absolute Gasteiger partial charge is 0.217 e. The van der Waals surface area contributed by atoms with Gasteiger partial charge in [0.25, 0.3) is 0 Å². The molecule has 0 aliphatic heterocycles. The average Bonchev–Trinajstić information content (AvgIpc) is 2.67. The normalized spacial score (nSPS) is 11.4. The number of nitrogens with zero attached hydrogens (tertiary/aromatic N) is 2. The van der Waals surface area contributed by atoms with E-state index < -0.39 is 0 Å². The van der Waals surface area contributed by atoms with E-state index in [4.69, 9.17) is 11.6 Å². The largest absolute Gasteiger partial charge is 0.223 e. The zero-order valence-corrected chi connectivity index (χ0v) is 14.0. The van der Waals surface area contributed by atoms with Crippen molar-refractivity contribution in [3.63, 3.8) is 0 Å². The van der Waals surface area contributed by atoms with Gasteiger partial charge in [-0.05, 0) is 39.9 Å². The molecule has 3 heteroatoms. The van der Waals surface area contributed by atoms with Crippen LogP contribution in [-0.2, 0) is 0 Å². The zero-order valence-electron chi connectivity index (χ0n) is 13.3. The highest BCUT2D eigenvalue weighted by atomic mass is 35.5. The van der Waals surface area contributed by atoms with E-state index in [0.717, 1.165) is 32.9 Å². The molecule has 4 aromatic carbocycles. The third kappa shape index (κ3) is 2.34. The Balaban J connectivity index is 1.87. The van der Waals surface area contributed by atoms with Crippen LogP contribution in [0, 0.1) is 0 Å². The summed E-state index contributed by atoms with van der Waals surface area (Å²) in [6, 6.07) is 27.1. The molecular weight excluding hydrogens is 328 g/mol. The van der Waals surface area contributed by atoms with Crippen molar-refractivity contribution in [2.75, 3.05) is 0 Å². The summed E-state index contributed by atoms with van der Waals surface area (Å²) in [5.41, 5.74) is 2.80. The average molecular weight is 341 g/mol. The maximum absolute atomic E-state index is 6.27. The van der Waals surface area contributed by atoms with Gasteiger partial charge < -0.3 is 0 Å². The molecule has 0 unspecified atom stereocenters. The second-order valence-corrected chi connectivity index (χ2v) is 6.42. The van der Waals surface area contributed by atoms with Gasteiger partial charge in [-0.25, -0.2) is 9.97 Å². The monoisotopic (exact) mass is 340 g/mol. The minimum Gasteiger partial charge on any atom is -0.217 e. The van der Waals surface area contributed by atoms with Crippen LogP contribution in [0.3, 0.4) is 0 Å². The summed E-state index contributed by atoms with van der Waals surface area (Å²) in [6.45, 7) is 0. The topological polar surface area (TPSA) is 25.8 Å². The molecule has 0 bridgehead atoms. The van der Waals surface area contributed by atoms with Gasteiger partial charge in [0.15, 0.2) is 0 Å². The lowest BCUT2D eigenvalue weighted by molar-refractivity contribution is 1.23. The lowest BCUT2D eigenvalue weighted by Crippen LogP contribution is -1.92. The molecule has 0 spiro atoms. The molecule has 0 amide bonds. The van der Waals surface area contributed by atoms with Crippen LogP contribution < -0.4 is 0 Å². The van der Waals surface area contributed by atoms with Crippen LogP contribution in [0.2, 0.25) is 5.28 Å². The lowest BCUT2D eigenvalue weighted by atomic mass is 10.00. The van der Waals surface area contributed by atoms with Crippen LogP contribution in [0.5, 0.6) is 0 Å². The molecule has 2 nitrogen and oxygen atoms in total. The molecule has 0 radical (unpaired) electrons. The van der Waals surface area contributed by atoms with E-state index in [2.05, 4.69) is 64.6 Å². The van der Waals surface area contributed by atoms with Gasteiger partial charge >= 0.3 is 0 Å². The van der Waals surface area contributed by atoms with Gasteiger partial charge in [0.05, 0.1) is 11.2 Å². The van der Waals surface area contributed by atoms with Gasteiger partial charge in [-0.3, -0.25) is 0 Å². The van der Waals surface area contributed by atoms with E-state index in [9.17, 15) is 0 Å². The first-order chi connectivity index (χ1) is 12.3. The Bertz CT molecular complexity index is 1260. The van der Waals surface area contributed by atoms with E-state index in [1.165, 1.54) is 10.8 Å². The SMILES string of the molecule is Clc1nc(-c2ccc3ccccc3c2)c2ccc3ccccc3c2n1. The molecule has 1 heterocycles. The maximum atomic E-state index is 6.27. The summed E-state index contributed by atoms with van der Waals surface area (Å²) >= 11 is 6.27. The fraction of sp³-hybridized carbons (Fsp3) is 0. The van der Waals surface area contributed by atoms with Crippen molar-refractivity contribution >= 4 is 44.0 Å². The van der Waals surface area contributed by atoms with Gasteiger partial charge in [0.1, 0.15) is 0 Å². The predicted octanol–water partition coefficient (Wildman–Crippen LogP) is 6.26. The van der Waals surface area contributed by atoms with Crippen molar-refractivity contribution in [3.8, 4) is 11.3 Å². The van der Waals surface area contributed by atoms with Gasteiger partial charge in [-0.15, -0.1) is 0 Å². The Hall–Kier alpha value is -2.97. The van der Waals surface area contributed by atoms with Crippen molar-refractivity contribution in [3.05, 3.63) is 84.1 Å². The second-order valence-electron chi connectivity index (χ2n) is 6.09. The van der Waals surface area contributed by atoms with Crippen LogP contribution in [0.1, 0.15) is 0 Å². The molecule has 0 aliphatic carbocycles. The Labute approximate surface area is 149 Å². The van der Waals surface area contributed by atoms with Crippen LogP contribution >= 0.6 is 11.6 Å². The molecule has 0 atom stereocenters. The highest BCUT2D eigenvalue weighted by Gasteiger charge is 2.12. The number of fused-ring (bicyclic) bond motifs is 4. The Morgan fingerprint density at radius 3 is 2.20 bits per heavy atom. The fourth-order valence-electron chi connectivity index (χ4n) is 3.39. The second kappa shape index (κ2) is 5.54. The molecule has 0 saturated heterocycles. The molecule has 0 saturated carbocycles. The molecular formula is C22H13ClN2. The van der Waals surface area contributed by atoms with Crippen LogP contribution in [-0.4, -0.2) is 9.97 Å². The molecule has 118 valence electrons. The summed E-state index contributed by atoms with van der Waals surface area (Å²) in [6.07, 6.45) is 0. The number of hydrogen-bond acceptors (Lipinski definition) is 2. The number of aromatic nitrogens is 2. The molecule has 5 aromatic rings. The van der Waals surface area contributed by atoms with E-state index in [0.29, 0.717) is 0 Å². The van der Waals surface area contributed by atoms with E-state index in [1.807, 2.05) is 24.3 Å². The third-order valence-electron chi connectivity index (χ3n) is 4.59. The summed E-state index contributed by atoms with van der Waals surface area (Å²) in [7, 11) is 0. The zero-order chi connectivity index (χ0) is 16.8. The first-order valence-electron chi connectivity index (χ1n) is 8.14. The highest BCUT2D eigenvalue weighted by Crippen LogP contribution is 2.33. The first-order valence-corrected chi connectivity index (χ1v) is 8.51. The quantitative estimate of drug-likeness (QED) is 0.266. The summed E-state index contributed by atoms with van der Waals surface area (Å²) < 4.78 is 0. The summed E-state index contributed by atoms with van der Waals surface area (Å²) in [5, 5.41) is 5.91. The van der Waals surface area contributed by atoms with Gasteiger partial charge in [0, 0.05) is 16.3 Å². The van der Waals surface area contributed by atoms with Gasteiger partial charge in [0.2, 0.25) is 5.28 Å². The molecule has 25 heavy (non-hydrogen) atoms. The Morgan fingerprint density at radius 2 is 1.32 bits per heavy atom. The van der Waals surface area contributed by atoms with E-state index in [1.54, 1.807) is 0 Å². The first kappa shape index (κ1) is 14.4. The molecule has 0 N–H and O–H groups in total. The van der Waals surface area contributed by atoms with Crippen molar-refractivity contribution < 1.29 is 0 Å². The van der Waals surface area contributed by atoms with Crippen LogP contribution in [0.15, 0.2) is 78.9 Å². The lowest BCUT2D eigenvalue weighted by Gasteiger charge is -2.10. The van der Waals surface area contributed by atoms with Crippen molar-refractivity contribution in [2.24, 2.45) is 0 Å². The standard InChI is InChI=1S/C22H13ClN2/c23-22-24-20(17-10-9-14-5-1-2-7-16(14)13-17)19-12-11-15-6-3-4-8-18(15)21(19)25-22/h1-13H. The number of rotatable bonds is 1. The molecule has 0 fully saturated rings. The maximum Gasteiger partial charge on any atom is 0.223 e. The predicted molar refractivity (Wildman–Crippen MR) is 105 cm³/mol. The number of halogens is 1. The molecule has 5 rings (SSSR count). The molecule has 0 aliphatic rings. The van der Waals surface area contributed by atoms with Crippen LogP contribution in [0.4, 0.5) is 0 Å². The molecule has 1 aromatic heterocycles. The minimum absolute atomic E-state index is 0.270. The summed E-state index contributed by atoms with van der Waals surface area (Å²) in [4.78, 5) is 9.05. The van der Waals surface area contributed by atoms with Crippen molar-refractivity contribution in [2.45, 2.75) is 0 Å². The number of benzene rings is 4. The van der Waals surface area contributed by atoms with E-state index in [-0.39, 0.29) is 5.28 Å². The van der Waals surface area contributed by atoms with Crippen molar-refractivity contribution in [1.29, 1.82) is 0 Å². The van der Waals surface area contributed by atoms with E-state index >= 15 is 0 Å². The highest BCUT2D eigenvalue weighted by molar-refractivity contribution is 6.29. The Morgan fingerprint density at radius 1 is 0.600 bits per heavy atom. The van der Waals surface area contributed by atoms with Gasteiger partial charge in [-0.1, -0.05) is 66.7 Å². The number of hydrogen-bond donors (Lipinski definition) is 0. The Kier molecular flexibility index (Phi) is 3.19. The third-order valence-corrected chi connectivity index (χ3v) is 4.76. The fourth-order valence-corrected chi connectivity index (χ4v) is 3.56. The van der Waals surface area contributed by atoms with Crippen molar-refractivity contribution in [1.82, 2.24) is 9.97 Å². The van der Waals surface area contributed by atoms with Gasteiger partial charge in [-0.2, -0.15) is 0 Å². The van der Waals surface area contributed by atoms with Crippen LogP contribution in [0.25, 0.3) is 43.7 Å². The summed E-state index contributed by atoms with van der Waals surface area (Å²) in [5.74, 6) is 0.